The monoisotopic (exact) mass is 492 g/mol. The van der Waals surface area contributed by atoms with Gasteiger partial charge in [0.2, 0.25) is 11.9 Å². The van der Waals surface area contributed by atoms with Crippen molar-refractivity contribution >= 4 is 29.3 Å². The fraction of sp³-hybridized carbons (Fsp3) is 0.708. The molecule has 2 N–H and O–H groups in total. The van der Waals surface area contributed by atoms with Crippen LogP contribution in [0, 0.1) is 0 Å². The van der Waals surface area contributed by atoms with Gasteiger partial charge in [0, 0.05) is 52.1 Å². The Morgan fingerprint density at radius 1 is 1.26 bits per heavy atom. The van der Waals surface area contributed by atoms with Crippen molar-refractivity contribution in [2.75, 3.05) is 83.3 Å². The molecule has 1 aromatic rings. The number of carbonyl (C=O) groups excluding carboxylic acids is 1. The Labute approximate surface area is 208 Å². The van der Waals surface area contributed by atoms with Gasteiger partial charge in [0.1, 0.15) is 16.9 Å². The topological polar surface area (TPSA) is 82.6 Å². The number of halogens is 1. The Hall–Kier alpha value is -1.94. The smallest absolute Gasteiger partial charge is 0.229 e. The van der Waals surface area contributed by atoms with Crippen molar-refractivity contribution in [3.05, 3.63) is 23.0 Å². The second-order valence-electron chi connectivity index (χ2n) is 9.78. The van der Waals surface area contributed by atoms with Crippen LogP contribution >= 0.6 is 11.6 Å². The van der Waals surface area contributed by atoms with E-state index in [9.17, 15) is 4.79 Å². The molecule has 0 aliphatic carbocycles. The van der Waals surface area contributed by atoms with Crippen LogP contribution in [-0.4, -0.2) is 109 Å². The third-order valence-electron chi connectivity index (χ3n) is 7.49. The summed E-state index contributed by atoms with van der Waals surface area (Å²) in [5.74, 6) is 1.44. The van der Waals surface area contributed by atoms with Gasteiger partial charge in [-0.05, 0) is 19.8 Å². The highest BCUT2D eigenvalue weighted by Crippen LogP contribution is 2.26. The number of likely N-dealkylation sites (N-methyl/N-ethyl adjacent to an activating group) is 1. The van der Waals surface area contributed by atoms with Crippen LogP contribution in [-0.2, 0) is 9.53 Å². The first kappa shape index (κ1) is 25.2. The second-order valence-corrected chi connectivity index (χ2v) is 10.2. The molecule has 2 atom stereocenters. The van der Waals surface area contributed by atoms with Gasteiger partial charge in [-0.15, -0.1) is 0 Å². The average Bonchev–Trinajstić information content (AvgIpc) is 3.25. The molecule has 188 valence electrons. The first-order valence-corrected chi connectivity index (χ1v) is 13.0. The molecule has 0 radical (unpaired) electrons. The number of morpholine rings is 1. The lowest BCUT2D eigenvalue weighted by Gasteiger charge is -2.44. The summed E-state index contributed by atoms with van der Waals surface area (Å²) in [4.78, 5) is 25.3. The fourth-order valence-corrected chi connectivity index (χ4v) is 5.13. The van der Waals surface area contributed by atoms with Crippen LogP contribution in [0.2, 0.25) is 5.02 Å². The first-order valence-electron chi connectivity index (χ1n) is 12.6. The molecule has 3 aliphatic rings. The van der Waals surface area contributed by atoms with Gasteiger partial charge in [-0.1, -0.05) is 17.7 Å². The van der Waals surface area contributed by atoms with Crippen LogP contribution in [0.25, 0.3) is 0 Å². The van der Waals surface area contributed by atoms with Crippen LogP contribution in [0.4, 0.5) is 11.8 Å². The van der Waals surface area contributed by atoms with Crippen molar-refractivity contribution in [1.82, 2.24) is 19.8 Å². The molecule has 4 heterocycles. The van der Waals surface area contributed by atoms with Crippen molar-refractivity contribution < 1.29 is 14.0 Å². The van der Waals surface area contributed by atoms with E-state index in [2.05, 4.69) is 45.5 Å². The zero-order valence-electron chi connectivity index (χ0n) is 20.6. The molecule has 0 bridgehead atoms. The Balaban J connectivity index is 1.30. The molecule has 1 amide bonds. The molecule has 0 aromatic carbocycles. The highest BCUT2D eigenvalue weighted by Gasteiger charge is 2.35. The Bertz CT molecular complexity index is 877. The van der Waals surface area contributed by atoms with Gasteiger partial charge in [-0.2, -0.15) is 4.98 Å². The van der Waals surface area contributed by atoms with Gasteiger partial charge in [0.05, 0.1) is 45.2 Å². The number of nitrogens with one attached hydrogen (secondary N) is 2. The number of nitrogens with zero attached hydrogens (tertiary/aromatic N) is 5. The van der Waals surface area contributed by atoms with Crippen molar-refractivity contribution in [1.29, 1.82) is 0 Å². The van der Waals surface area contributed by atoms with Crippen molar-refractivity contribution in [3.63, 3.8) is 0 Å². The SMILES string of the molecule is CC1C(Nc2ncc(Cl)c(NCCCN3CCCC3=O)n2)=CCC[N+]1(C)CCN1CCOCC1. The van der Waals surface area contributed by atoms with Gasteiger partial charge in [0.25, 0.3) is 0 Å². The molecule has 3 aliphatic heterocycles. The summed E-state index contributed by atoms with van der Waals surface area (Å²) in [6, 6.07) is 0.323. The van der Waals surface area contributed by atoms with E-state index in [1.54, 1.807) is 6.20 Å². The molecule has 4 rings (SSSR count). The lowest BCUT2D eigenvalue weighted by Crippen LogP contribution is -2.58. The quantitative estimate of drug-likeness (QED) is 0.383. The van der Waals surface area contributed by atoms with Crippen LogP contribution in [0.3, 0.4) is 0 Å². The average molecular weight is 493 g/mol. The van der Waals surface area contributed by atoms with Crippen LogP contribution in [0.5, 0.6) is 0 Å². The van der Waals surface area contributed by atoms with Gasteiger partial charge in [-0.3, -0.25) is 9.69 Å². The minimum Gasteiger partial charge on any atom is -0.379 e. The number of rotatable bonds is 10. The van der Waals surface area contributed by atoms with Gasteiger partial charge < -0.3 is 24.8 Å². The van der Waals surface area contributed by atoms with Crippen LogP contribution in [0.15, 0.2) is 18.0 Å². The van der Waals surface area contributed by atoms with Gasteiger partial charge >= 0.3 is 0 Å². The predicted octanol–water partition coefficient (Wildman–Crippen LogP) is 2.42. The standard InChI is InChI=1S/C24H39ClN7O2/c1-19-21(6-4-14-32(19,2)15-11-30-12-16-34-17-13-30)28-24-27-18-20(25)23(29-24)26-8-5-10-31-9-3-7-22(31)33/h6,18-19H,3-5,7-17H2,1-2H3,(H2,26,27,28,29)/q+1. The van der Waals surface area contributed by atoms with Crippen molar-refractivity contribution in [3.8, 4) is 0 Å². The second kappa shape index (κ2) is 11.7. The van der Waals surface area contributed by atoms with E-state index in [-0.39, 0.29) is 5.91 Å². The maximum absolute atomic E-state index is 11.8. The Morgan fingerprint density at radius 2 is 2.09 bits per heavy atom. The minimum atomic E-state index is 0.261. The Kier molecular flexibility index (Phi) is 8.63. The highest BCUT2D eigenvalue weighted by molar-refractivity contribution is 6.32. The molecule has 0 spiro atoms. The molecule has 2 fully saturated rings. The number of hydrogen-bond donors (Lipinski definition) is 2. The number of likely N-dealkylation sites (tertiary alicyclic amines) is 1. The van der Waals surface area contributed by atoms with E-state index >= 15 is 0 Å². The van der Waals surface area contributed by atoms with E-state index in [4.69, 9.17) is 16.3 Å². The summed E-state index contributed by atoms with van der Waals surface area (Å²) >= 11 is 6.35. The molecular formula is C24H39ClN7O2+. The molecule has 10 heteroatoms. The summed E-state index contributed by atoms with van der Waals surface area (Å²) in [6.07, 6.45) is 7.45. The lowest BCUT2D eigenvalue weighted by molar-refractivity contribution is -0.927. The molecule has 9 nitrogen and oxygen atoms in total. The minimum absolute atomic E-state index is 0.261. The molecule has 2 saturated heterocycles. The number of quaternary nitrogens is 1. The normalized spacial score (nSPS) is 26.0. The molecular weight excluding hydrogens is 454 g/mol. The summed E-state index contributed by atoms with van der Waals surface area (Å²) in [5, 5.41) is 7.28. The Morgan fingerprint density at radius 3 is 2.85 bits per heavy atom. The molecule has 0 saturated carbocycles. The predicted molar refractivity (Wildman–Crippen MR) is 135 cm³/mol. The summed E-state index contributed by atoms with van der Waals surface area (Å²) in [7, 11) is 2.35. The zero-order valence-corrected chi connectivity index (χ0v) is 21.3. The van der Waals surface area contributed by atoms with Crippen LogP contribution < -0.4 is 10.6 Å². The third-order valence-corrected chi connectivity index (χ3v) is 7.77. The number of aromatic nitrogens is 2. The first-order chi connectivity index (χ1) is 16.4. The largest absolute Gasteiger partial charge is 0.379 e. The fourth-order valence-electron chi connectivity index (χ4n) is 4.97. The summed E-state index contributed by atoms with van der Waals surface area (Å²) < 4.78 is 6.48. The highest BCUT2D eigenvalue weighted by atomic mass is 35.5. The van der Waals surface area contributed by atoms with E-state index < -0.39 is 0 Å². The summed E-state index contributed by atoms with van der Waals surface area (Å²) in [5.41, 5.74) is 1.16. The molecule has 34 heavy (non-hydrogen) atoms. The number of hydrogen-bond acceptors (Lipinski definition) is 7. The maximum Gasteiger partial charge on any atom is 0.229 e. The van der Waals surface area contributed by atoms with Crippen molar-refractivity contribution in [2.24, 2.45) is 0 Å². The number of ether oxygens (including phenoxy) is 1. The number of anilines is 2. The number of amides is 1. The van der Waals surface area contributed by atoms with Crippen molar-refractivity contribution in [2.45, 2.75) is 38.6 Å². The van der Waals surface area contributed by atoms with Crippen LogP contribution in [0.1, 0.15) is 32.6 Å². The zero-order chi connectivity index (χ0) is 24.0. The number of carbonyl (C=O) groups is 1. The van der Waals surface area contributed by atoms with Gasteiger partial charge in [-0.25, -0.2) is 4.98 Å². The van der Waals surface area contributed by atoms with E-state index in [1.807, 2.05) is 4.90 Å². The van der Waals surface area contributed by atoms with Gasteiger partial charge in [0.15, 0.2) is 0 Å². The summed E-state index contributed by atoms with van der Waals surface area (Å²) in [6.45, 7) is 11.7. The lowest BCUT2D eigenvalue weighted by atomic mass is 10.0. The molecule has 2 unspecified atom stereocenters. The van der Waals surface area contributed by atoms with E-state index in [0.29, 0.717) is 35.8 Å². The maximum atomic E-state index is 11.8. The van der Waals surface area contributed by atoms with E-state index in [1.165, 1.54) is 0 Å². The molecule has 1 aromatic heterocycles. The van der Waals surface area contributed by atoms with E-state index in [0.717, 1.165) is 88.5 Å². The third kappa shape index (κ3) is 6.38.